The van der Waals surface area contributed by atoms with Crippen LogP contribution in [0.3, 0.4) is 0 Å². The molecule has 0 atom stereocenters. The molecule has 0 spiro atoms. The van der Waals surface area contributed by atoms with Crippen LogP contribution in [0.5, 0.6) is 0 Å². The first kappa shape index (κ1) is 21.0. The van der Waals surface area contributed by atoms with E-state index < -0.39 is 24.4 Å². The normalized spacial score (nSPS) is 10.4. The second kappa shape index (κ2) is 9.71. The van der Waals surface area contributed by atoms with E-state index in [0.717, 1.165) is 11.3 Å². The molecule has 2 aromatic carbocycles. The Morgan fingerprint density at radius 2 is 1.72 bits per heavy atom. The minimum absolute atomic E-state index is 0.103. The molecule has 160 valence electrons. The van der Waals surface area contributed by atoms with Crippen LogP contribution in [0, 0.1) is 0 Å². The number of amides is 2. The first-order valence-corrected chi connectivity index (χ1v) is 10.4. The SMILES string of the molecule is O=C(COC(=O)c1ccccc1NC(=O)c1ccco1)Nc1nc(-c2ccccc2)cs1. The summed E-state index contributed by atoms with van der Waals surface area (Å²) in [5.74, 6) is -1.68. The van der Waals surface area contributed by atoms with Crippen LogP contribution >= 0.6 is 11.3 Å². The number of hydrogen-bond donors (Lipinski definition) is 2. The van der Waals surface area contributed by atoms with Crippen LogP contribution in [0.4, 0.5) is 10.8 Å². The molecule has 2 heterocycles. The van der Waals surface area contributed by atoms with Crippen molar-refractivity contribution < 1.29 is 23.5 Å². The molecule has 0 unspecified atom stereocenters. The van der Waals surface area contributed by atoms with Gasteiger partial charge in [-0.3, -0.25) is 14.9 Å². The van der Waals surface area contributed by atoms with E-state index in [4.69, 9.17) is 9.15 Å². The quantitative estimate of drug-likeness (QED) is 0.405. The van der Waals surface area contributed by atoms with Crippen molar-refractivity contribution in [3.63, 3.8) is 0 Å². The van der Waals surface area contributed by atoms with Gasteiger partial charge in [-0.05, 0) is 24.3 Å². The molecular weight excluding hydrogens is 430 g/mol. The topological polar surface area (TPSA) is 111 Å². The highest BCUT2D eigenvalue weighted by Gasteiger charge is 2.18. The lowest BCUT2D eigenvalue weighted by atomic mass is 10.1. The highest BCUT2D eigenvalue weighted by molar-refractivity contribution is 7.14. The molecule has 2 N–H and O–H groups in total. The van der Waals surface area contributed by atoms with Gasteiger partial charge < -0.3 is 14.5 Å². The maximum Gasteiger partial charge on any atom is 0.340 e. The first-order chi connectivity index (χ1) is 15.6. The standard InChI is InChI=1S/C23H17N3O5S/c27-20(26-23-25-18(14-32-23)15-7-2-1-3-8-15)13-31-22(29)16-9-4-5-10-17(16)24-21(28)19-11-6-12-30-19/h1-12,14H,13H2,(H,24,28)(H,25,26,27). The molecule has 0 aliphatic carbocycles. The average molecular weight is 447 g/mol. The number of para-hydroxylation sites is 1. The summed E-state index contributed by atoms with van der Waals surface area (Å²) >= 11 is 1.27. The molecule has 0 aliphatic heterocycles. The van der Waals surface area contributed by atoms with E-state index in [9.17, 15) is 14.4 Å². The Bertz CT molecular complexity index is 1240. The number of anilines is 2. The van der Waals surface area contributed by atoms with Crippen molar-refractivity contribution in [2.45, 2.75) is 0 Å². The number of thiazole rings is 1. The summed E-state index contributed by atoms with van der Waals surface area (Å²) in [5.41, 5.74) is 2.03. The van der Waals surface area contributed by atoms with Crippen molar-refractivity contribution in [1.82, 2.24) is 4.98 Å². The second-order valence-corrected chi connectivity index (χ2v) is 7.36. The minimum Gasteiger partial charge on any atom is -0.459 e. The van der Waals surface area contributed by atoms with E-state index in [1.165, 1.54) is 29.7 Å². The van der Waals surface area contributed by atoms with Crippen LogP contribution in [-0.2, 0) is 9.53 Å². The van der Waals surface area contributed by atoms with Crippen LogP contribution in [0.15, 0.2) is 82.8 Å². The van der Waals surface area contributed by atoms with Gasteiger partial charge in [-0.15, -0.1) is 11.3 Å². The number of hydrogen-bond acceptors (Lipinski definition) is 7. The number of nitrogens with zero attached hydrogens (tertiary/aromatic N) is 1. The lowest BCUT2D eigenvalue weighted by molar-refractivity contribution is -0.119. The van der Waals surface area contributed by atoms with E-state index >= 15 is 0 Å². The summed E-state index contributed by atoms with van der Waals surface area (Å²) in [6.07, 6.45) is 1.37. The smallest absolute Gasteiger partial charge is 0.340 e. The average Bonchev–Trinajstić information content (AvgIpc) is 3.51. The Balaban J connectivity index is 1.34. The van der Waals surface area contributed by atoms with Gasteiger partial charge in [0, 0.05) is 10.9 Å². The first-order valence-electron chi connectivity index (χ1n) is 9.52. The van der Waals surface area contributed by atoms with Gasteiger partial charge in [0.1, 0.15) is 0 Å². The van der Waals surface area contributed by atoms with Gasteiger partial charge >= 0.3 is 5.97 Å². The van der Waals surface area contributed by atoms with Gasteiger partial charge in [0.05, 0.1) is 23.2 Å². The molecule has 4 aromatic rings. The number of furan rings is 1. The van der Waals surface area contributed by atoms with Crippen molar-refractivity contribution in [3.8, 4) is 11.3 Å². The third-order valence-electron chi connectivity index (χ3n) is 4.29. The Morgan fingerprint density at radius 3 is 2.50 bits per heavy atom. The molecule has 32 heavy (non-hydrogen) atoms. The minimum atomic E-state index is -0.750. The van der Waals surface area contributed by atoms with Gasteiger partial charge in [-0.2, -0.15) is 0 Å². The van der Waals surface area contributed by atoms with Gasteiger partial charge in [-0.25, -0.2) is 9.78 Å². The van der Waals surface area contributed by atoms with Crippen LogP contribution in [0.25, 0.3) is 11.3 Å². The van der Waals surface area contributed by atoms with Crippen LogP contribution in [-0.4, -0.2) is 29.4 Å². The Morgan fingerprint density at radius 1 is 0.938 bits per heavy atom. The van der Waals surface area contributed by atoms with Crippen LogP contribution in [0.1, 0.15) is 20.9 Å². The summed E-state index contributed by atoms with van der Waals surface area (Å²) in [5, 5.41) is 7.44. The van der Waals surface area contributed by atoms with E-state index in [2.05, 4.69) is 15.6 Å². The maximum atomic E-state index is 12.5. The molecule has 0 aliphatic rings. The molecule has 0 bridgehead atoms. The summed E-state index contributed by atoms with van der Waals surface area (Å²) in [6, 6.07) is 19.0. The number of ether oxygens (including phenoxy) is 1. The van der Waals surface area contributed by atoms with Gasteiger partial charge in [-0.1, -0.05) is 42.5 Å². The number of esters is 1. The molecule has 2 amide bonds. The molecule has 4 rings (SSSR count). The fraction of sp³-hybridized carbons (Fsp3) is 0.0435. The Labute approximate surface area is 186 Å². The lowest BCUT2D eigenvalue weighted by Crippen LogP contribution is -2.22. The van der Waals surface area contributed by atoms with E-state index in [1.807, 2.05) is 35.7 Å². The monoisotopic (exact) mass is 447 g/mol. The zero-order valence-electron chi connectivity index (χ0n) is 16.6. The molecule has 0 fully saturated rings. The zero-order valence-corrected chi connectivity index (χ0v) is 17.4. The Hall–Kier alpha value is -4.24. The van der Waals surface area contributed by atoms with Crippen molar-refractivity contribution in [2.24, 2.45) is 0 Å². The number of rotatable bonds is 7. The van der Waals surface area contributed by atoms with Gasteiger partial charge in [0.25, 0.3) is 11.8 Å². The molecule has 0 radical (unpaired) electrons. The third-order valence-corrected chi connectivity index (χ3v) is 5.05. The molecule has 0 saturated carbocycles. The van der Waals surface area contributed by atoms with Crippen molar-refractivity contribution in [2.75, 3.05) is 17.2 Å². The summed E-state index contributed by atoms with van der Waals surface area (Å²) < 4.78 is 10.2. The highest BCUT2D eigenvalue weighted by atomic mass is 32.1. The summed E-state index contributed by atoms with van der Waals surface area (Å²) in [7, 11) is 0. The van der Waals surface area contributed by atoms with Gasteiger partial charge in [0.2, 0.25) is 0 Å². The number of aromatic nitrogens is 1. The number of carbonyl (C=O) groups is 3. The summed E-state index contributed by atoms with van der Waals surface area (Å²) in [6.45, 7) is -0.500. The molecule has 2 aromatic heterocycles. The van der Waals surface area contributed by atoms with Gasteiger partial charge in [0.15, 0.2) is 17.5 Å². The fourth-order valence-corrected chi connectivity index (χ4v) is 3.53. The third kappa shape index (κ3) is 5.08. The van der Waals surface area contributed by atoms with E-state index in [-0.39, 0.29) is 17.0 Å². The van der Waals surface area contributed by atoms with Crippen LogP contribution < -0.4 is 10.6 Å². The molecule has 8 nitrogen and oxygen atoms in total. The predicted octanol–water partition coefficient (Wildman–Crippen LogP) is 4.45. The van der Waals surface area contributed by atoms with Crippen molar-refractivity contribution in [3.05, 3.63) is 89.7 Å². The van der Waals surface area contributed by atoms with Crippen LogP contribution in [0.2, 0.25) is 0 Å². The second-order valence-electron chi connectivity index (χ2n) is 6.51. The summed E-state index contributed by atoms with van der Waals surface area (Å²) in [4.78, 5) is 41.3. The molecular formula is C23H17N3O5S. The number of benzene rings is 2. The van der Waals surface area contributed by atoms with E-state index in [1.54, 1.807) is 24.3 Å². The highest BCUT2D eigenvalue weighted by Crippen LogP contribution is 2.24. The Kier molecular flexibility index (Phi) is 6.38. The maximum absolute atomic E-state index is 12.5. The zero-order chi connectivity index (χ0) is 22.3. The van der Waals surface area contributed by atoms with E-state index in [0.29, 0.717) is 5.13 Å². The van der Waals surface area contributed by atoms with Crippen molar-refractivity contribution >= 4 is 39.9 Å². The fourth-order valence-electron chi connectivity index (χ4n) is 2.80. The van der Waals surface area contributed by atoms with Crippen molar-refractivity contribution in [1.29, 1.82) is 0 Å². The number of nitrogens with one attached hydrogen (secondary N) is 2. The number of carbonyl (C=O) groups excluding carboxylic acids is 3. The molecule has 9 heteroatoms. The molecule has 0 saturated heterocycles. The lowest BCUT2D eigenvalue weighted by Gasteiger charge is -2.10. The largest absolute Gasteiger partial charge is 0.459 e. The predicted molar refractivity (Wildman–Crippen MR) is 120 cm³/mol.